The van der Waals surface area contributed by atoms with E-state index in [2.05, 4.69) is 206 Å². The van der Waals surface area contributed by atoms with E-state index in [1.54, 1.807) is 6.07 Å². The third-order valence-electron chi connectivity index (χ3n) is 16.5. The number of halogens is 1. The topological polar surface area (TPSA) is 92.4 Å². The van der Waals surface area contributed by atoms with Crippen LogP contribution in [0.4, 0.5) is 0 Å². The third kappa shape index (κ3) is 7.73. The first kappa shape index (κ1) is 48.0. The third-order valence-corrected chi connectivity index (χ3v) is 17.0. The van der Waals surface area contributed by atoms with Crippen LogP contribution in [0.1, 0.15) is 11.1 Å². The number of nitrogens with one attached hydrogen (secondary N) is 1. The fourth-order valence-electron chi connectivity index (χ4n) is 12.8. The number of aromatic nitrogens is 3. The van der Waals surface area contributed by atoms with Crippen LogP contribution in [0.2, 0.25) is 0 Å². The van der Waals surface area contributed by atoms with Crippen LogP contribution < -0.4 is 5.46 Å². The Morgan fingerprint density at radius 3 is 1.57 bits per heavy atom. The van der Waals surface area contributed by atoms with Gasteiger partial charge >= 0.3 is 7.12 Å². The summed E-state index contributed by atoms with van der Waals surface area (Å²) in [5.41, 5.74) is 21.2. The minimum atomic E-state index is -1.46. The highest BCUT2D eigenvalue weighted by molar-refractivity contribution is 9.10. The molecule has 7 nitrogen and oxygen atoms in total. The number of fused-ring (bicyclic) bond motifs is 20. The lowest BCUT2D eigenvalue weighted by Gasteiger charge is -2.09. The van der Waals surface area contributed by atoms with Gasteiger partial charge in [-0.2, -0.15) is 0 Å². The highest BCUT2D eigenvalue weighted by Gasteiger charge is 2.25. The Balaban J connectivity index is 0.000000110. The normalized spacial score (nSPS) is 12.0. The van der Waals surface area contributed by atoms with Crippen LogP contribution in [0.5, 0.6) is 0 Å². The molecule has 1 aliphatic rings. The first-order valence-corrected chi connectivity index (χ1v) is 28.3. The highest BCUT2D eigenvalue weighted by atomic mass is 79.9. The Kier molecular flexibility index (Phi) is 11.2. The summed E-state index contributed by atoms with van der Waals surface area (Å²) in [4.78, 5) is 3.46. The Hall–Kier alpha value is -9.90. The molecule has 0 bridgehead atoms. The maximum atomic E-state index is 9.43. The average Bonchev–Trinajstić information content (AvgIpc) is 4.11. The number of benzene rings is 12. The zero-order chi connectivity index (χ0) is 54.6. The molecule has 0 saturated carbocycles. The van der Waals surface area contributed by atoms with Crippen molar-refractivity contribution in [3.63, 3.8) is 0 Å². The molecule has 9 heteroatoms. The van der Waals surface area contributed by atoms with Crippen LogP contribution >= 0.6 is 15.9 Å². The van der Waals surface area contributed by atoms with E-state index in [4.69, 9.17) is 8.83 Å². The van der Waals surface area contributed by atoms with E-state index in [0.29, 0.717) is 5.46 Å². The molecule has 0 spiro atoms. The number of nitrogens with zero attached hydrogens (tertiary/aromatic N) is 2. The fraction of sp³-hybridized carbons (Fsp3) is 0.0137. The molecule has 3 N–H and O–H groups in total. The van der Waals surface area contributed by atoms with Crippen LogP contribution in [-0.4, -0.2) is 31.3 Å². The summed E-state index contributed by atoms with van der Waals surface area (Å²) in [5, 5.41) is 30.6. The standard InChI is InChI=1S/C37H23NO.C18H14BNO2.C18H10BrNO/c1-2-8-27(9-3-1)38-33-12-6-4-10-28(33)32-22-24(17-19-34(32)38)23-14-15-25-20-26-16-18-30-29-11-5-7-13-35(29)39-37(30)36(26)31(25)21-23;21-19(22)13-10-11-18-16(12-13)15-8-4-5-9-17(15)20(18)14-6-2-1-3-7-14;19-10-5-7-14-13(9-10)17-15(20-14)8-6-12-11-3-1-2-4-16(11)21-18(12)17/h1-19,21-22H,20H2;1-12,21-22H;1-9,20H. The van der Waals surface area contributed by atoms with Crippen molar-refractivity contribution in [1.82, 2.24) is 14.1 Å². The lowest BCUT2D eigenvalue weighted by atomic mass is 9.80. The molecule has 1 aliphatic carbocycles. The second kappa shape index (κ2) is 19.1. The molecule has 388 valence electrons. The van der Waals surface area contributed by atoms with Crippen molar-refractivity contribution in [2.75, 3.05) is 0 Å². The number of aromatic amines is 1. The minimum absolute atomic E-state index is 0.503. The van der Waals surface area contributed by atoms with Crippen molar-refractivity contribution in [3.05, 3.63) is 270 Å². The molecule has 12 aromatic carbocycles. The van der Waals surface area contributed by atoms with E-state index < -0.39 is 7.12 Å². The van der Waals surface area contributed by atoms with Crippen molar-refractivity contribution >= 4 is 138 Å². The number of rotatable bonds is 4. The molecule has 0 fully saturated rings. The molecule has 0 unspecified atom stereocenters. The van der Waals surface area contributed by atoms with Crippen LogP contribution in [0.25, 0.3) is 143 Å². The van der Waals surface area contributed by atoms with E-state index in [1.165, 1.54) is 87.8 Å². The molecule has 5 heterocycles. The summed E-state index contributed by atoms with van der Waals surface area (Å²) in [6.45, 7) is 0. The van der Waals surface area contributed by atoms with Gasteiger partial charge in [0, 0.05) is 75.4 Å². The minimum Gasteiger partial charge on any atom is -0.455 e. The van der Waals surface area contributed by atoms with Crippen molar-refractivity contribution in [1.29, 1.82) is 0 Å². The number of H-pyrrole nitrogens is 1. The molecule has 5 aromatic heterocycles. The zero-order valence-electron chi connectivity index (χ0n) is 44.0. The molecule has 0 saturated heterocycles. The summed E-state index contributed by atoms with van der Waals surface area (Å²) in [7, 11) is -1.46. The Bertz CT molecular complexity index is 5380. The smallest absolute Gasteiger partial charge is 0.455 e. The molecule has 82 heavy (non-hydrogen) atoms. The molecule has 0 aliphatic heterocycles. The first-order valence-electron chi connectivity index (χ1n) is 27.5. The van der Waals surface area contributed by atoms with Crippen molar-refractivity contribution in [3.8, 4) is 33.6 Å². The van der Waals surface area contributed by atoms with Gasteiger partial charge in [0.2, 0.25) is 0 Å². The molecule has 0 amide bonds. The number of hydrogen-bond acceptors (Lipinski definition) is 4. The summed E-state index contributed by atoms with van der Waals surface area (Å²) in [6.07, 6.45) is 0.946. The highest BCUT2D eigenvalue weighted by Crippen LogP contribution is 2.46. The van der Waals surface area contributed by atoms with Gasteiger partial charge in [0.1, 0.15) is 22.3 Å². The van der Waals surface area contributed by atoms with E-state index in [-0.39, 0.29) is 0 Å². The molecule has 17 aromatic rings. The predicted molar refractivity (Wildman–Crippen MR) is 343 cm³/mol. The van der Waals surface area contributed by atoms with Gasteiger partial charge in [0.25, 0.3) is 0 Å². The van der Waals surface area contributed by atoms with Gasteiger partial charge in [0.05, 0.1) is 33.0 Å². The summed E-state index contributed by atoms with van der Waals surface area (Å²) in [5.74, 6) is 0. The quantitative estimate of drug-likeness (QED) is 0.153. The lowest BCUT2D eigenvalue weighted by Crippen LogP contribution is -2.29. The SMILES string of the molecule is Brc1ccc2[nH]c3ccc4c5ccccc5oc4c3c2c1.OB(O)c1ccc2c(c1)c1ccccc1n2-c1ccccc1.c1ccc(-n2c3ccccc3c3cc(-c4ccc5c(c4)-c4c(ccc6c4oc4ccccc46)C5)ccc32)cc1. The average molecular weight is 1120 g/mol. The zero-order valence-corrected chi connectivity index (χ0v) is 45.6. The van der Waals surface area contributed by atoms with Crippen molar-refractivity contribution in [2.45, 2.75) is 6.42 Å². The largest absolute Gasteiger partial charge is 0.488 e. The van der Waals surface area contributed by atoms with Gasteiger partial charge < -0.3 is 33.0 Å². The molecular formula is C73H47BBrN3O4. The van der Waals surface area contributed by atoms with E-state index in [1.807, 2.05) is 72.8 Å². The maximum absolute atomic E-state index is 9.43. The summed E-state index contributed by atoms with van der Waals surface area (Å²) in [6, 6.07) is 88.6. The maximum Gasteiger partial charge on any atom is 0.488 e. The predicted octanol–water partition coefficient (Wildman–Crippen LogP) is 18.4. The van der Waals surface area contributed by atoms with Crippen LogP contribution in [0, 0.1) is 0 Å². The van der Waals surface area contributed by atoms with Gasteiger partial charge in [-0.25, -0.2) is 0 Å². The number of hydrogen-bond donors (Lipinski definition) is 3. The molecule has 0 atom stereocenters. The van der Waals surface area contributed by atoms with Crippen LogP contribution in [0.3, 0.4) is 0 Å². The molecular weight excluding hydrogens is 1070 g/mol. The molecule has 0 radical (unpaired) electrons. The lowest BCUT2D eigenvalue weighted by molar-refractivity contribution is 0.426. The summed E-state index contributed by atoms with van der Waals surface area (Å²) < 4.78 is 18.2. The molecule has 18 rings (SSSR count). The monoisotopic (exact) mass is 1120 g/mol. The van der Waals surface area contributed by atoms with E-state index >= 15 is 0 Å². The van der Waals surface area contributed by atoms with Gasteiger partial charge in [-0.05, 0) is 143 Å². The Morgan fingerprint density at radius 2 is 0.902 bits per heavy atom. The van der Waals surface area contributed by atoms with Gasteiger partial charge in [-0.3, -0.25) is 0 Å². The fourth-order valence-corrected chi connectivity index (χ4v) is 13.1. The van der Waals surface area contributed by atoms with Crippen LogP contribution in [0.15, 0.2) is 268 Å². The second-order valence-electron chi connectivity index (χ2n) is 21.2. The van der Waals surface area contributed by atoms with E-state index in [9.17, 15) is 10.0 Å². The Labute approximate surface area is 478 Å². The van der Waals surface area contributed by atoms with Gasteiger partial charge in [-0.1, -0.05) is 168 Å². The van der Waals surface area contributed by atoms with Crippen molar-refractivity contribution in [2.24, 2.45) is 0 Å². The first-order chi connectivity index (χ1) is 40.4. The van der Waals surface area contributed by atoms with Crippen molar-refractivity contribution < 1.29 is 18.9 Å². The second-order valence-corrected chi connectivity index (χ2v) is 22.1. The van der Waals surface area contributed by atoms with E-state index in [0.717, 1.165) is 77.1 Å². The number of para-hydroxylation sites is 6. The van der Waals surface area contributed by atoms with Gasteiger partial charge in [0.15, 0.2) is 0 Å². The van der Waals surface area contributed by atoms with Gasteiger partial charge in [-0.15, -0.1) is 0 Å². The summed E-state index contributed by atoms with van der Waals surface area (Å²) >= 11 is 3.56. The number of furan rings is 2. The Morgan fingerprint density at radius 1 is 0.390 bits per heavy atom. The van der Waals surface area contributed by atoms with Crippen LogP contribution in [-0.2, 0) is 6.42 Å².